The van der Waals surface area contributed by atoms with Gasteiger partial charge in [0.2, 0.25) is 0 Å². The van der Waals surface area contributed by atoms with Crippen LogP contribution in [-0.4, -0.2) is 5.78 Å². The molecule has 0 N–H and O–H groups in total. The van der Waals surface area contributed by atoms with Crippen molar-refractivity contribution in [3.05, 3.63) is 56.0 Å². The summed E-state index contributed by atoms with van der Waals surface area (Å²) in [6, 6.07) is 6.35. The average Bonchev–Trinajstić information content (AvgIpc) is 2.65. The maximum atomic E-state index is 13.3. The van der Waals surface area contributed by atoms with Gasteiger partial charge in [-0.3, -0.25) is 4.79 Å². The largest absolute Gasteiger partial charge is 0.293 e. The molecular weight excluding hydrogens is 271 g/mol. The number of hydrogen-bond donors (Lipinski definition) is 0. The molecule has 94 valence electrons. The van der Waals surface area contributed by atoms with E-state index in [0.717, 1.165) is 15.3 Å². The molecule has 0 radical (unpaired) electrons. The molecule has 0 aliphatic carbocycles. The summed E-state index contributed by atoms with van der Waals surface area (Å²) in [5, 5.41) is 0.0778. The second kappa shape index (κ2) is 5.21. The minimum Gasteiger partial charge on any atom is -0.293 e. The number of rotatable bonds is 3. The summed E-state index contributed by atoms with van der Waals surface area (Å²) in [7, 11) is 0. The van der Waals surface area contributed by atoms with Crippen molar-refractivity contribution < 1.29 is 9.18 Å². The van der Waals surface area contributed by atoms with E-state index < -0.39 is 5.82 Å². The highest BCUT2D eigenvalue weighted by molar-refractivity contribution is 7.14. The molecule has 1 aromatic carbocycles. The summed E-state index contributed by atoms with van der Waals surface area (Å²) in [5.41, 5.74) is 1.76. The maximum absolute atomic E-state index is 13.3. The second-order valence-electron chi connectivity index (χ2n) is 4.20. The van der Waals surface area contributed by atoms with Gasteiger partial charge in [-0.2, -0.15) is 0 Å². The van der Waals surface area contributed by atoms with Crippen molar-refractivity contribution in [3.8, 4) is 0 Å². The first-order chi connectivity index (χ1) is 8.47. The van der Waals surface area contributed by atoms with Gasteiger partial charge in [-0.1, -0.05) is 17.7 Å². The van der Waals surface area contributed by atoms with E-state index in [2.05, 4.69) is 0 Å². The molecule has 1 nitrogen and oxygen atoms in total. The summed E-state index contributed by atoms with van der Waals surface area (Å²) < 4.78 is 13.3. The number of aryl methyl sites for hydroxylation is 2. The van der Waals surface area contributed by atoms with Gasteiger partial charge in [-0.15, -0.1) is 11.3 Å². The zero-order valence-corrected chi connectivity index (χ0v) is 11.7. The maximum Gasteiger partial charge on any atom is 0.177 e. The lowest BCUT2D eigenvalue weighted by Gasteiger charge is -2.00. The van der Waals surface area contributed by atoms with Gasteiger partial charge in [0.15, 0.2) is 5.78 Å². The number of ketones is 1. The molecule has 0 amide bonds. The molecule has 18 heavy (non-hydrogen) atoms. The zero-order chi connectivity index (χ0) is 13.3. The lowest BCUT2D eigenvalue weighted by molar-refractivity contribution is 0.0996. The van der Waals surface area contributed by atoms with Crippen LogP contribution in [0.4, 0.5) is 4.39 Å². The van der Waals surface area contributed by atoms with Crippen LogP contribution in [0.25, 0.3) is 0 Å². The predicted molar refractivity (Wildman–Crippen MR) is 73.2 cm³/mol. The molecule has 2 rings (SSSR count). The molecule has 1 heterocycles. The molecule has 0 saturated heterocycles. The van der Waals surface area contributed by atoms with Crippen LogP contribution in [0.3, 0.4) is 0 Å². The van der Waals surface area contributed by atoms with Gasteiger partial charge in [0.05, 0.1) is 9.90 Å². The van der Waals surface area contributed by atoms with Crippen molar-refractivity contribution in [1.29, 1.82) is 0 Å². The summed E-state index contributed by atoms with van der Waals surface area (Å²) in [4.78, 5) is 13.9. The van der Waals surface area contributed by atoms with Crippen molar-refractivity contribution in [2.75, 3.05) is 0 Å². The second-order valence-corrected chi connectivity index (χ2v) is 5.86. The standard InChI is InChI=1S/C14H12ClFOS/c1-8-5-14(18-9(8)2)13(17)7-10-3-4-11(15)12(16)6-10/h3-6H,7H2,1-2H3. The SMILES string of the molecule is Cc1cc(C(=O)Cc2ccc(Cl)c(F)c2)sc1C. The third-order valence-corrected chi connectivity index (χ3v) is 4.29. The van der Waals surface area contributed by atoms with Gasteiger partial charge in [-0.05, 0) is 43.2 Å². The highest BCUT2D eigenvalue weighted by atomic mass is 35.5. The number of thiophene rings is 1. The Bertz CT molecular complexity index is 584. The van der Waals surface area contributed by atoms with Gasteiger partial charge >= 0.3 is 0 Å². The van der Waals surface area contributed by atoms with Crippen molar-refractivity contribution >= 4 is 28.7 Å². The molecule has 0 spiro atoms. The third-order valence-electron chi connectivity index (χ3n) is 2.79. The van der Waals surface area contributed by atoms with E-state index in [9.17, 15) is 9.18 Å². The Balaban J connectivity index is 2.18. The van der Waals surface area contributed by atoms with Crippen LogP contribution in [0, 0.1) is 19.7 Å². The Morgan fingerprint density at radius 1 is 1.33 bits per heavy atom. The molecule has 0 atom stereocenters. The van der Waals surface area contributed by atoms with Gasteiger partial charge in [-0.25, -0.2) is 4.39 Å². The number of Topliss-reactive ketones (excluding diaryl/α,β-unsaturated/α-hetero) is 1. The third kappa shape index (κ3) is 2.79. The Morgan fingerprint density at radius 3 is 2.61 bits per heavy atom. The molecule has 0 unspecified atom stereocenters. The number of benzene rings is 1. The van der Waals surface area contributed by atoms with Crippen LogP contribution in [0.2, 0.25) is 5.02 Å². The monoisotopic (exact) mass is 282 g/mol. The van der Waals surface area contributed by atoms with Crippen LogP contribution >= 0.6 is 22.9 Å². The average molecular weight is 283 g/mol. The van der Waals surface area contributed by atoms with E-state index in [1.165, 1.54) is 23.5 Å². The molecule has 0 aliphatic rings. The van der Waals surface area contributed by atoms with E-state index in [4.69, 9.17) is 11.6 Å². The van der Waals surface area contributed by atoms with Crippen molar-refractivity contribution in [1.82, 2.24) is 0 Å². The summed E-state index contributed by atoms with van der Waals surface area (Å²) in [6.07, 6.45) is 0.202. The molecule has 0 bridgehead atoms. The molecule has 0 fully saturated rings. The molecule has 1 aromatic heterocycles. The molecule has 0 aliphatic heterocycles. The van der Waals surface area contributed by atoms with Crippen molar-refractivity contribution in [2.45, 2.75) is 20.3 Å². The molecular formula is C14H12ClFOS. The quantitative estimate of drug-likeness (QED) is 0.753. The summed E-state index contributed by atoms with van der Waals surface area (Å²) in [5.74, 6) is -0.474. The topological polar surface area (TPSA) is 17.1 Å². The minimum absolute atomic E-state index is 0.0120. The van der Waals surface area contributed by atoms with E-state index >= 15 is 0 Å². The van der Waals surface area contributed by atoms with Gasteiger partial charge in [0, 0.05) is 11.3 Å². The number of carbonyl (C=O) groups is 1. The van der Waals surface area contributed by atoms with E-state index in [1.807, 2.05) is 19.9 Å². The Hall–Kier alpha value is -1.19. The van der Waals surface area contributed by atoms with Crippen molar-refractivity contribution in [2.24, 2.45) is 0 Å². The first kappa shape index (κ1) is 13.2. The fourth-order valence-corrected chi connectivity index (χ4v) is 2.72. The van der Waals surface area contributed by atoms with E-state index in [1.54, 1.807) is 6.07 Å². The Kier molecular flexibility index (Phi) is 3.83. The summed E-state index contributed by atoms with van der Waals surface area (Å²) in [6.45, 7) is 3.96. The van der Waals surface area contributed by atoms with Gasteiger partial charge < -0.3 is 0 Å². The first-order valence-corrected chi connectivity index (χ1v) is 6.71. The van der Waals surface area contributed by atoms with Crippen LogP contribution in [-0.2, 0) is 6.42 Å². The predicted octanol–water partition coefficient (Wildman–Crippen LogP) is 4.58. The van der Waals surface area contributed by atoms with E-state index in [0.29, 0.717) is 5.56 Å². The van der Waals surface area contributed by atoms with Crippen LogP contribution in [0.5, 0.6) is 0 Å². The molecule has 4 heteroatoms. The molecule has 2 aromatic rings. The summed E-state index contributed by atoms with van der Waals surface area (Å²) >= 11 is 7.08. The zero-order valence-electron chi connectivity index (χ0n) is 10.1. The Labute approximate surface area is 114 Å². The fourth-order valence-electron chi connectivity index (χ4n) is 1.63. The van der Waals surface area contributed by atoms with Crippen LogP contribution in [0.15, 0.2) is 24.3 Å². The lowest BCUT2D eigenvalue weighted by Crippen LogP contribution is -2.01. The van der Waals surface area contributed by atoms with E-state index in [-0.39, 0.29) is 17.2 Å². The lowest BCUT2D eigenvalue weighted by atomic mass is 10.1. The van der Waals surface area contributed by atoms with Crippen molar-refractivity contribution in [3.63, 3.8) is 0 Å². The van der Waals surface area contributed by atoms with Crippen LogP contribution in [0.1, 0.15) is 25.7 Å². The van der Waals surface area contributed by atoms with Gasteiger partial charge in [0.1, 0.15) is 5.82 Å². The highest BCUT2D eigenvalue weighted by Gasteiger charge is 2.12. The first-order valence-electron chi connectivity index (χ1n) is 5.51. The van der Waals surface area contributed by atoms with Crippen LogP contribution < -0.4 is 0 Å². The number of carbonyl (C=O) groups excluding carboxylic acids is 1. The highest BCUT2D eigenvalue weighted by Crippen LogP contribution is 2.23. The smallest absolute Gasteiger partial charge is 0.177 e. The fraction of sp³-hybridized carbons (Fsp3) is 0.214. The molecule has 0 saturated carbocycles. The minimum atomic E-state index is -0.486. The number of halogens is 2. The number of hydrogen-bond acceptors (Lipinski definition) is 2. The Morgan fingerprint density at radius 2 is 2.06 bits per heavy atom. The van der Waals surface area contributed by atoms with Gasteiger partial charge in [0.25, 0.3) is 0 Å². The normalized spacial score (nSPS) is 10.7.